The zero-order valence-electron chi connectivity index (χ0n) is 15.5. The molecule has 3 rings (SSSR count). The van der Waals surface area contributed by atoms with Gasteiger partial charge < -0.3 is 14.8 Å². The van der Waals surface area contributed by atoms with E-state index in [1.165, 1.54) is 6.07 Å². The number of halogens is 1. The first-order valence-electron chi connectivity index (χ1n) is 8.72. The minimum atomic E-state index is -3.61. The summed E-state index contributed by atoms with van der Waals surface area (Å²) in [6, 6.07) is 12.0. The lowest BCUT2D eigenvalue weighted by molar-refractivity contribution is -0.127. The molecule has 0 aliphatic carbocycles. The number of rotatable bonds is 6. The number of hydrogen-bond acceptors (Lipinski definition) is 5. The van der Waals surface area contributed by atoms with Gasteiger partial charge in [0, 0.05) is 17.1 Å². The van der Waals surface area contributed by atoms with Crippen molar-refractivity contribution in [2.24, 2.45) is 0 Å². The summed E-state index contributed by atoms with van der Waals surface area (Å²) in [6.07, 6.45) is 0.0960. The Morgan fingerprint density at radius 1 is 1.32 bits per heavy atom. The van der Waals surface area contributed by atoms with Gasteiger partial charge in [-0.1, -0.05) is 29.8 Å². The van der Waals surface area contributed by atoms with Crippen molar-refractivity contribution in [3.8, 4) is 11.5 Å². The average molecular weight is 425 g/mol. The highest BCUT2D eigenvalue weighted by Gasteiger charge is 2.35. The highest BCUT2D eigenvalue weighted by atomic mass is 35.5. The molecule has 9 heteroatoms. The molecule has 1 atom stereocenters. The van der Waals surface area contributed by atoms with Crippen molar-refractivity contribution in [3.63, 3.8) is 0 Å². The fraction of sp³-hybridized carbons (Fsp3) is 0.316. The van der Waals surface area contributed by atoms with Gasteiger partial charge in [-0.05, 0) is 31.2 Å². The van der Waals surface area contributed by atoms with E-state index in [0.717, 1.165) is 16.1 Å². The summed E-state index contributed by atoms with van der Waals surface area (Å²) in [6.45, 7) is 2.50. The molecular formula is C19H21ClN2O5S. The third kappa shape index (κ3) is 4.51. The fourth-order valence-corrected chi connectivity index (χ4v) is 3.99. The molecule has 1 aliphatic heterocycles. The summed E-state index contributed by atoms with van der Waals surface area (Å²) in [5.41, 5.74) is 1.14. The molecule has 0 bridgehead atoms. The Balaban J connectivity index is 1.77. The number of anilines is 1. The van der Waals surface area contributed by atoms with E-state index in [9.17, 15) is 13.2 Å². The maximum Gasteiger partial charge on any atom is 0.263 e. The monoisotopic (exact) mass is 424 g/mol. The summed E-state index contributed by atoms with van der Waals surface area (Å²) < 4.78 is 36.8. The number of carbonyl (C=O) groups is 1. The lowest BCUT2D eigenvalue weighted by Crippen LogP contribution is -2.50. The number of nitrogens with one attached hydrogen (secondary N) is 1. The van der Waals surface area contributed by atoms with E-state index in [-0.39, 0.29) is 18.8 Å². The molecule has 0 spiro atoms. The number of carbonyl (C=O) groups excluding carboxylic acids is 1. The second-order valence-electron chi connectivity index (χ2n) is 6.27. The van der Waals surface area contributed by atoms with Crippen LogP contribution in [0.4, 0.5) is 5.69 Å². The van der Waals surface area contributed by atoms with Crippen molar-refractivity contribution >= 4 is 33.2 Å². The Kier molecular flexibility index (Phi) is 6.00. The lowest BCUT2D eigenvalue weighted by atomic mass is 10.2. The van der Waals surface area contributed by atoms with Gasteiger partial charge in [-0.25, -0.2) is 8.42 Å². The van der Waals surface area contributed by atoms with Gasteiger partial charge in [0.1, 0.15) is 11.5 Å². The second-order valence-corrected chi connectivity index (χ2v) is 8.61. The van der Waals surface area contributed by atoms with Gasteiger partial charge in [0.05, 0.1) is 25.1 Å². The van der Waals surface area contributed by atoms with E-state index >= 15 is 0 Å². The highest BCUT2D eigenvalue weighted by molar-refractivity contribution is 7.92. The topological polar surface area (TPSA) is 84.9 Å². The van der Waals surface area contributed by atoms with Crippen LogP contribution in [0.2, 0.25) is 5.02 Å². The predicted molar refractivity (Wildman–Crippen MR) is 108 cm³/mol. The molecule has 1 aliphatic rings. The van der Waals surface area contributed by atoms with Crippen LogP contribution in [0, 0.1) is 0 Å². The van der Waals surface area contributed by atoms with Crippen LogP contribution in [-0.2, 0) is 21.4 Å². The Morgan fingerprint density at radius 3 is 2.79 bits per heavy atom. The van der Waals surface area contributed by atoms with E-state index in [2.05, 4.69) is 5.32 Å². The van der Waals surface area contributed by atoms with Gasteiger partial charge in [-0.3, -0.25) is 9.10 Å². The normalized spacial score (nSPS) is 16.1. The molecule has 150 valence electrons. The standard InChI is InChI=1S/C19H21ClN2O5S/c1-3-26-16-7-5-4-6-13(16)11-21-19(23)18-12-22(28(2,24)25)15-10-14(20)8-9-17(15)27-18/h4-10,18H,3,11-12H2,1-2H3,(H,21,23). The zero-order chi connectivity index (χ0) is 20.3. The quantitative estimate of drug-likeness (QED) is 0.770. The van der Waals surface area contributed by atoms with Crippen LogP contribution in [0.3, 0.4) is 0 Å². The minimum Gasteiger partial charge on any atom is -0.494 e. The highest BCUT2D eigenvalue weighted by Crippen LogP contribution is 2.37. The number of benzene rings is 2. The molecule has 2 aromatic rings. The molecule has 2 aromatic carbocycles. The molecule has 1 heterocycles. The maximum atomic E-state index is 12.7. The van der Waals surface area contributed by atoms with Gasteiger partial charge in [0.25, 0.3) is 5.91 Å². The first-order chi connectivity index (χ1) is 13.3. The van der Waals surface area contributed by atoms with E-state index in [1.807, 2.05) is 31.2 Å². The number of amides is 1. The number of para-hydroxylation sites is 1. The van der Waals surface area contributed by atoms with Crippen molar-refractivity contribution < 1.29 is 22.7 Å². The molecular weight excluding hydrogens is 404 g/mol. The predicted octanol–water partition coefficient (Wildman–Crippen LogP) is 2.58. The Labute approximate surface area is 169 Å². The second kappa shape index (κ2) is 8.28. The summed E-state index contributed by atoms with van der Waals surface area (Å²) in [5, 5.41) is 3.17. The molecule has 0 saturated heterocycles. The van der Waals surface area contributed by atoms with Crippen LogP contribution in [-0.4, -0.2) is 39.8 Å². The van der Waals surface area contributed by atoms with Crippen molar-refractivity contribution in [3.05, 3.63) is 53.1 Å². The Bertz CT molecular complexity index is 980. The maximum absolute atomic E-state index is 12.7. The van der Waals surface area contributed by atoms with Crippen LogP contribution in [0.1, 0.15) is 12.5 Å². The first kappa shape index (κ1) is 20.3. The van der Waals surface area contributed by atoms with Crippen LogP contribution in [0.15, 0.2) is 42.5 Å². The van der Waals surface area contributed by atoms with Gasteiger partial charge in [0.2, 0.25) is 10.0 Å². The molecule has 28 heavy (non-hydrogen) atoms. The smallest absolute Gasteiger partial charge is 0.263 e. The fourth-order valence-electron chi connectivity index (χ4n) is 2.92. The number of hydrogen-bond donors (Lipinski definition) is 1. The van der Waals surface area contributed by atoms with Crippen molar-refractivity contribution in [1.29, 1.82) is 0 Å². The molecule has 1 N–H and O–H groups in total. The molecule has 7 nitrogen and oxygen atoms in total. The first-order valence-corrected chi connectivity index (χ1v) is 10.9. The summed E-state index contributed by atoms with van der Waals surface area (Å²) in [7, 11) is -3.61. The van der Waals surface area contributed by atoms with Crippen molar-refractivity contribution in [2.45, 2.75) is 19.6 Å². The van der Waals surface area contributed by atoms with Gasteiger partial charge in [-0.2, -0.15) is 0 Å². The molecule has 0 radical (unpaired) electrons. The molecule has 1 unspecified atom stereocenters. The third-order valence-electron chi connectivity index (χ3n) is 4.21. The molecule has 0 saturated carbocycles. The SMILES string of the molecule is CCOc1ccccc1CNC(=O)C1CN(S(C)(=O)=O)c2cc(Cl)ccc2O1. The third-order valence-corrected chi connectivity index (χ3v) is 5.59. The van der Waals surface area contributed by atoms with E-state index in [0.29, 0.717) is 23.1 Å². The summed E-state index contributed by atoms with van der Waals surface area (Å²) in [5.74, 6) is 0.559. The molecule has 1 amide bonds. The van der Waals surface area contributed by atoms with E-state index in [1.54, 1.807) is 12.1 Å². The number of fused-ring (bicyclic) bond motifs is 1. The van der Waals surface area contributed by atoms with E-state index in [4.69, 9.17) is 21.1 Å². The van der Waals surface area contributed by atoms with E-state index < -0.39 is 22.0 Å². The Morgan fingerprint density at radius 2 is 2.07 bits per heavy atom. The Hall–Kier alpha value is -2.45. The van der Waals surface area contributed by atoms with Crippen molar-refractivity contribution in [1.82, 2.24) is 5.32 Å². The lowest BCUT2D eigenvalue weighted by Gasteiger charge is -2.34. The number of sulfonamides is 1. The van der Waals surface area contributed by atoms with Crippen LogP contribution in [0.5, 0.6) is 11.5 Å². The van der Waals surface area contributed by atoms with Crippen LogP contribution in [0.25, 0.3) is 0 Å². The molecule has 0 aromatic heterocycles. The van der Waals surface area contributed by atoms with Gasteiger partial charge in [-0.15, -0.1) is 0 Å². The van der Waals surface area contributed by atoms with Gasteiger partial charge >= 0.3 is 0 Å². The summed E-state index contributed by atoms with van der Waals surface area (Å²) >= 11 is 5.98. The van der Waals surface area contributed by atoms with Crippen molar-refractivity contribution in [2.75, 3.05) is 23.7 Å². The molecule has 0 fully saturated rings. The number of nitrogens with zero attached hydrogens (tertiary/aromatic N) is 1. The number of ether oxygens (including phenoxy) is 2. The minimum absolute atomic E-state index is 0.134. The largest absolute Gasteiger partial charge is 0.494 e. The average Bonchev–Trinajstić information content (AvgIpc) is 2.65. The summed E-state index contributed by atoms with van der Waals surface area (Å²) in [4.78, 5) is 12.7. The van der Waals surface area contributed by atoms with Crippen LogP contribution < -0.4 is 19.1 Å². The zero-order valence-corrected chi connectivity index (χ0v) is 17.1. The van der Waals surface area contributed by atoms with Crippen LogP contribution >= 0.6 is 11.6 Å². The van der Waals surface area contributed by atoms with Gasteiger partial charge in [0.15, 0.2) is 6.10 Å².